The number of thioether (sulfide) groups is 1. The Bertz CT molecular complexity index is 866. The van der Waals surface area contributed by atoms with Crippen LogP contribution in [0.2, 0.25) is 0 Å². The third-order valence-corrected chi connectivity index (χ3v) is 4.59. The molecule has 1 amide bonds. The van der Waals surface area contributed by atoms with E-state index in [-0.39, 0.29) is 30.2 Å². The van der Waals surface area contributed by atoms with Crippen molar-refractivity contribution in [3.63, 3.8) is 0 Å². The maximum atomic E-state index is 13.5. The zero-order valence-corrected chi connectivity index (χ0v) is 14.5. The fraction of sp³-hybridized carbons (Fsp3) is 0.167. The summed E-state index contributed by atoms with van der Waals surface area (Å²) in [5.74, 6) is -1.32. The van der Waals surface area contributed by atoms with Gasteiger partial charge in [-0.1, -0.05) is 36.0 Å². The number of nitrogens with zero attached hydrogens (tertiary/aromatic N) is 3. The molecule has 0 aliphatic heterocycles. The van der Waals surface area contributed by atoms with Crippen LogP contribution in [-0.4, -0.2) is 33.0 Å². The highest BCUT2D eigenvalue weighted by Crippen LogP contribution is 2.19. The number of aromatic nitrogens is 3. The van der Waals surface area contributed by atoms with Crippen molar-refractivity contribution in [2.45, 2.75) is 11.6 Å². The van der Waals surface area contributed by atoms with Crippen LogP contribution < -0.4 is 5.32 Å². The molecule has 8 heteroatoms. The number of carbonyl (C=O) groups is 1. The summed E-state index contributed by atoms with van der Waals surface area (Å²) >= 11 is 1.24. The van der Waals surface area contributed by atoms with E-state index in [0.29, 0.717) is 5.16 Å². The van der Waals surface area contributed by atoms with Gasteiger partial charge in [-0.25, -0.2) is 8.78 Å². The topological polar surface area (TPSA) is 59.8 Å². The lowest BCUT2D eigenvalue weighted by Crippen LogP contribution is -2.27. The minimum atomic E-state index is -0.607. The highest BCUT2D eigenvalue weighted by atomic mass is 32.2. The van der Waals surface area contributed by atoms with Crippen LogP contribution in [0.4, 0.5) is 8.78 Å². The predicted octanol–water partition coefficient (Wildman–Crippen LogP) is 3.00. The van der Waals surface area contributed by atoms with Crippen molar-refractivity contribution in [2.24, 2.45) is 0 Å². The van der Waals surface area contributed by atoms with Gasteiger partial charge in [-0.2, -0.15) is 0 Å². The van der Waals surface area contributed by atoms with Crippen molar-refractivity contribution in [1.29, 1.82) is 0 Å². The van der Waals surface area contributed by atoms with Crippen molar-refractivity contribution in [2.75, 3.05) is 12.3 Å². The van der Waals surface area contributed by atoms with E-state index in [4.69, 9.17) is 0 Å². The van der Waals surface area contributed by atoms with Gasteiger partial charge < -0.3 is 5.32 Å². The number of rotatable bonds is 7. The largest absolute Gasteiger partial charge is 0.355 e. The second-order valence-electron chi connectivity index (χ2n) is 5.41. The lowest BCUT2D eigenvalue weighted by Gasteiger charge is -2.08. The second-order valence-corrected chi connectivity index (χ2v) is 6.35. The molecule has 0 spiro atoms. The van der Waals surface area contributed by atoms with Crippen molar-refractivity contribution in [1.82, 2.24) is 20.1 Å². The van der Waals surface area contributed by atoms with E-state index in [0.717, 1.165) is 5.69 Å². The van der Waals surface area contributed by atoms with Crippen LogP contribution in [0.1, 0.15) is 5.56 Å². The van der Waals surface area contributed by atoms with Crippen LogP contribution in [0, 0.1) is 11.6 Å². The fourth-order valence-corrected chi connectivity index (χ4v) is 3.13. The van der Waals surface area contributed by atoms with E-state index in [9.17, 15) is 13.6 Å². The molecule has 3 aromatic rings. The molecule has 1 N–H and O–H groups in total. The average Bonchev–Trinajstić information content (AvgIpc) is 3.12. The third-order valence-electron chi connectivity index (χ3n) is 3.64. The van der Waals surface area contributed by atoms with Crippen molar-refractivity contribution in [3.05, 3.63) is 72.1 Å². The molecule has 0 aliphatic carbocycles. The molecule has 0 aliphatic rings. The van der Waals surface area contributed by atoms with Gasteiger partial charge in [0, 0.05) is 17.8 Å². The van der Waals surface area contributed by atoms with Gasteiger partial charge in [-0.15, -0.1) is 10.2 Å². The van der Waals surface area contributed by atoms with Gasteiger partial charge >= 0.3 is 0 Å². The summed E-state index contributed by atoms with van der Waals surface area (Å²) in [6.07, 6.45) is 1.67. The van der Waals surface area contributed by atoms with Gasteiger partial charge in [0.25, 0.3) is 0 Å². The molecule has 0 atom stereocenters. The van der Waals surface area contributed by atoms with Crippen molar-refractivity contribution < 1.29 is 13.6 Å². The first-order valence-electron chi connectivity index (χ1n) is 7.93. The average molecular weight is 374 g/mol. The molecular formula is C18H16F2N4OS. The zero-order chi connectivity index (χ0) is 18.4. The minimum Gasteiger partial charge on any atom is -0.355 e. The Hall–Kier alpha value is -2.74. The summed E-state index contributed by atoms with van der Waals surface area (Å²) in [4.78, 5) is 12.0. The molecule has 0 unspecified atom stereocenters. The normalized spacial score (nSPS) is 10.7. The van der Waals surface area contributed by atoms with Gasteiger partial charge in [0.15, 0.2) is 5.16 Å². The number of benzene rings is 2. The smallest absolute Gasteiger partial charge is 0.230 e. The van der Waals surface area contributed by atoms with Gasteiger partial charge in [-0.3, -0.25) is 9.36 Å². The monoisotopic (exact) mass is 374 g/mol. The van der Waals surface area contributed by atoms with E-state index in [1.165, 1.54) is 30.0 Å². The molecule has 0 bridgehead atoms. The van der Waals surface area contributed by atoms with Gasteiger partial charge in [0.05, 0.1) is 5.75 Å². The minimum absolute atomic E-state index is 0.0238. The lowest BCUT2D eigenvalue weighted by atomic mass is 10.1. The molecule has 0 saturated carbocycles. The first kappa shape index (κ1) is 18.1. The Labute approximate surface area is 153 Å². The van der Waals surface area contributed by atoms with E-state index in [2.05, 4.69) is 15.5 Å². The molecule has 0 fully saturated rings. The van der Waals surface area contributed by atoms with Gasteiger partial charge in [0.1, 0.15) is 18.0 Å². The molecular weight excluding hydrogens is 358 g/mol. The summed E-state index contributed by atoms with van der Waals surface area (Å²) < 4.78 is 28.9. The molecule has 0 saturated heterocycles. The third kappa shape index (κ3) is 4.45. The Morgan fingerprint density at radius 2 is 1.81 bits per heavy atom. The van der Waals surface area contributed by atoms with Crippen LogP contribution in [0.15, 0.2) is 60.0 Å². The van der Waals surface area contributed by atoms with Crippen LogP contribution in [0.25, 0.3) is 5.69 Å². The van der Waals surface area contributed by atoms with Gasteiger partial charge in [-0.05, 0) is 30.7 Å². The molecule has 2 aromatic carbocycles. The highest BCUT2D eigenvalue weighted by Gasteiger charge is 2.11. The molecule has 26 heavy (non-hydrogen) atoms. The summed E-state index contributed by atoms with van der Waals surface area (Å²) in [5, 5.41) is 11.1. The summed E-state index contributed by atoms with van der Waals surface area (Å²) in [6, 6.07) is 13.3. The molecule has 1 heterocycles. The number of amides is 1. The second kappa shape index (κ2) is 8.57. The molecule has 0 radical (unpaired) electrons. The predicted molar refractivity (Wildman–Crippen MR) is 95.2 cm³/mol. The Morgan fingerprint density at radius 3 is 2.54 bits per heavy atom. The molecule has 5 nitrogen and oxygen atoms in total. The molecule has 1 aromatic heterocycles. The number of carbonyl (C=O) groups excluding carboxylic acids is 1. The number of hydrogen-bond acceptors (Lipinski definition) is 4. The Morgan fingerprint density at radius 1 is 1.08 bits per heavy atom. The number of halogens is 2. The number of para-hydroxylation sites is 1. The zero-order valence-electron chi connectivity index (χ0n) is 13.7. The lowest BCUT2D eigenvalue weighted by molar-refractivity contribution is -0.118. The van der Waals surface area contributed by atoms with Gasteiger partial charge in [0.2, 0.25) is 5.91 Å². The number of hydrogen-bond donors (Lipinski definition) is 1. The SMILES string of the molecule is O=C(CSc1nncn1-c1ccccc1)NCCc1c(F)cccc1F. The fourth-order valence-electron chi connectivity index (χ4n) is 2.37. The highest BCUT2D eigenvalue weighted by molar-refractivity contribution is 7.99. The molecule has 134 valence electrons. The van der Waals surface area contributed by atoms with E-state index in [1.807, 2.05) is 30.3 Å². The first-order valence-corrected chi connectivity index (χ1v) is 8.91. The quantitative estimate of drug-likeness (QED) is 0.646. The maximum absolute atomic E-state index is 13.5. The van der Waals surface area contributed by atoms with Crippen molar-refractivity contribution in [3.8, 4) is 5.69 Å². The summed E-state index contributed by atoms with van der Waals surface area (Å²) in [5.41, 5.74) is 0.875. The van der Waals surface area contributed by atoms with Crippen LogP contribution >= 0.6 is 11.8 Å². The number of nitrogens with one attached hydrogen (secondary N) is 1. The standard InChI is InChI=1S/C18H16F2N4OS/c19-15-7-4-8-16(20)14(15)9-10-21-17(25)11-26-18-23-22-12-24(18)13-5-2-1-3-6-13/h1-8,12H,9-11H2,(H,21,25). The summed E-state index contributed by atoms with van der Waals surface area (Å²) in [7, 11) is 0. The van der Waals surface area contributed by atoms with E-state index < -0.39 is 11.6 Å². The van der Waals surface area contributed by atoms with E-state index in [1.54, 1.807) is 10.9 Å². The van der Waals surface area contributed by atoms with Crippen molar-refractivity contribution >= 4 is 17.7 Å². The maximum Gasteiger partial charge on any atom is 0.230 e. The van der Waals surface area contributed by atoms with Crippen LogP contribution in [-0.2, 0) is 11.2 Å². The Balaban J connectivity index is 1.50. The van der Waals surface area contributed by atoms with E-state index >= 15 is 0 Å². The van der Waals surface area contributed by atoms with Crippen LogP contribution in [0.5, 0.6) is 0 Å². The summed E-state index contributed by atoms with van der Waals surface area (Å²) in [6.45, 7) is 0.155. The molecule has 3 rings (SSSR count). The first-order chi connectivity index (χ1) is 12.6. The van der Waals surface area contributed by atoms with Crippen LogP contribution in [0.3, 0.4) is 0 Å². The Kier molecular flexibility index (Phi) is 5.96.